The molecular weight excluding hydrogens is 204 g/mol. The van der Waals surface area contributed by atoms with Crippen LogP contribution < -0.4 is 0 Å². The van der Waals surface area contributed by atoms with Gasteiger partial charge in [0.25, 0.3) is 0 Å². The SMILES string of the molecule is O=C(O)c1cccc(O)c1O.[Fe]. The summed E-state index contributed by atoms with van der Waals surface area (Å²) in [6.07, 6.45) is 0. The van der Waals surface area contributed by atoms with Crippen LogP contribution in [-0.4, -0.2) is 21.3 Å². The Labute approximate surface area is 78.9 Å². The maximum atomic E-state index is 10.3. The molecule has 4 nitrogen and oxygen atoms in total. The topological polar surface area (TPSA) is 77.8 Å². The number of aromatic hydroxyl groups is 2. The fourth-order valence-corrected chi connectivity index (χ4v) is 0.704. The molecule has 0 fully saturated rings. The van der Waals surface area contributed by atoms with Gasteiger partial charge in [-0.2, -0.15) is 0 Å². The van der Waals surface area contributed by atoms with Crippen molar-refractivity contribution in [1.29, 1.82) is 0 Å². The van der Waals surface area contributed by atoms with Crippen LogP contribution in [-0.2, 0) is 17.1 Å². The molecule has 1 rings (SSSR count). The van der Waals surface area contributed by atoms with E-state index >= 15 is 0 Å². The maximum Gasteiger partial charge on any atom is 0.339 e. The van der Waals surface area contributed by atoms with Gasteiger partial charge in [-0.3, -0.25) is 0 Å². The van der Waals surface area contributed by atoms with Crippen LogP contribution in [0.25, 0.3) is 0 Å². The molecule has 5 heteroatoms. The minimum absolute atomic E-state index is 0. The number of para-hydroxylation sites is 1. The summed E-state index contributed by atoms with van der Waals surface area (Å²) in [6, 6.07) is 3.76. The van der Waals surface area contributed by atoms with Gasteiger partial charge in [0.15, 0.2) is 11.5 Å². The van der Waals surface area contributed by atoms with E-state index in [1.54, 1.807) is 0 Å². The third-order valence-electron chi connectivity index (χ3n) is 1.25. The monoisotopic (exact) mass is 210 g/mol. The number of carboxylic acids is 1. The zero-order chi connectivity index (χ0) is 8.43. The third kappa shape index (κ3) is 1.90. The quantitative estimate of drug-likeness (QED) is 0.473. The molecule has 0 heterocycles. The fraction of sp³-hybridized carbons (Fsp3) is 0. The number of benzene rings is 1. The van der Waals surface area contributed by atoms with Crippen LogP contribution in [0.3, 0.4) is 0 Å². The molecule has 0 aliphatic heterocycles. The van der Waals surface area contributed by atoms with E-state index in [2.05, 4.69) is 0 Å². The van der Waals surface area contributed by atoms with Crippen molar-refractivity contribution in [2.75, 3.05) is 0 Å². The molecule has 1 aromatic rings. The van der Waals surface area contributed by atoms with E-state index in [1.165, 1.54) is 18.2 Å². The van der Waals surface area contributed by atoms with Gasteiger partial charge in [0, 0.05) is 17.1 Å². The normalized spacial score (nSPS) is 8.67. The first-order valence-electron chi connectivity index (χ1n) is 2.87. The van der Waals surface area contributed by atoms with Crippen LogP contribution >= 0.6 is 0 Å². The minimum Gasteiger partial charge on any atom is -0.504 e. The molecule has 0 spiro atoms. The Morgan fingerprint density at radius 3 is 2.25 bits per heavy atom. The molecule has 12 heavy (non-hydrogen) atoms. The number of aromatic carboxylic acids is 1. The second-order valence-corrected chi connectivity index (χ2v) is 1.98. The average Bonchev–Trinajstić information content (AvgIpc) is 1.94. The van der Waals surface area contributed by atoms with Crippen LogP contribution in [0.1, 0.15) is 10.4 Å². The van der Waals surface area contributed by atoms with Gasteiger partial charge in [-0.15, -0.1) is 0 Å². The van der Waals surface area contributed by atoms with Crippen molar-refractivity contribution >= 4 is 5.97 Å². The van der Waals surface area contributed by atoms with Crippen LogP contribution in [0, 0.1) is 0 Å². The Hall–Kier alpha value is -1.19. The van der Waals surface area contributed by atoms with Crippen molar-refractivity contribution in [3.8, 4) is 11.5 Å². The summed E-state index contributed by atoms with van der Waals surface area (Å²) in [6.45, 7) is 0. The predicted molar refractivity (Wildman–Crippen MR) is 36.7 cm³/mol. The molecule has 0 unspecified atom stereocenters. The van der Waals surface area contributed by atoms with Crippen molar-refractivity contribution in [2.45, 2.75) is 0 Å². The van der Waals surface area contributed by atoms with Gasteiger partial charge in [0.05, 0.1) is 0 Å². The van der Waals surface area contributed by atoms with Gasteiger partial charge in [-0.05, 0) is 12.1 Å². The molecule has 0 bridgehead atoms. The van der Waals surface area contributed by atoms with E-state index in [9.17, 15) is 4.79 Å². The van der Waals surface area contributed by atoms with E-state index in [4.69, 9.17) is 15.3 Å². The molecule has 1 aromatic carbocycles. The number of hydrogen-bond acceptors (Lipinski definition) is 3. The molecule has 0 aromatic heterocycles. The second kappa shape index (κ2) is 3.99. The van der Waals surface area contributed by atoms with E-state index in [-0.39, 0.29) is 22.6 Å². The van der Waals surface area contributed by atoms with E-state index < -0.39 is 17.5 Å². The number of carboxylic acid groups (broad SMARTS) is 1. The fourth-order valence-electron chi connectivity index (χ4n) is 0.704. The van der Waals surface area contributed by atoms with Crippen LogP contribution in [0.15, 0.2) is 18.2 Å². The van der Waals surface area contributed by atoms with Gasteiger partial charge in [0.2, 0.25) is 0 Å². The zero-order valence-corrected chi connectivity index (χ0v) is 6.94. The molecule has 0 aliphatic rings. The van der Waals surface area contributed by atoms with Crippen molar-refractivity contribution in [3.05, 3.63) is 23.8 Å². The first-order chi connectivity index (χ1) is 5.13. The molecule has 0 atom stereocenters. The van der Waals surface area contributed by atoms with Crippen molar-refractivity contribution in [1.82, 2.24) is 0 Å². The summed E-state index contributed by atoms with van der Waals surface area (Å²) in [5.74, 6) is -2.29. The van der Waals surface area contributed by atoms with Crippen molar-refractivity contribution in [2.24, 2.45) is 0 Å². The Bertz CT molecular complexity index is 297. The summed E-state index contributed by atoms with van der Waals surface area (Å²) in [4.78, 5) is 10.3. The number of hydrogen-bond donors (Lipinski definition) is 3. The summed E-state index contributed by atoms with van der Waals surface area (Å²) in [5, 5.41) is 26.2. The Morgan fingerprint density at radius 2 is 1.83 bits per heavy atom. The largest absolute Gasteiger partial charge is 0.504 e. The summed E-state index contributed by atoms with van der Waals surface area (Å²) in [5.41, 5.74) is -0.301. The second-order valence-electron chi connectivity index (χ2n) is 1.98. The Kier molecular flexibility index (Phi) is 3.60. The Morgan fingerprint density at radius 1 is 1.25 bits per heavy atom. The standard InChI is InChI=1S/C7H6O4.Fe/c8-5-3-1-2-4(6(5)9)7(10)11;/h1-3,8-9H,(H,10,11);. The summed E-state index contributed by atoms with van der Waals surface area (Å²) >= 11 is 0. The molecule has 0 radical (unpaired) electrons. The molecule has 3 N–H and O–H groups in total. The summed E-state index contributed by atoms with van der Waals surface area (Å²) in [7, 11) is 0. The molecule has 0 saturated heterocycles. The molecule has 0 aliphatic carbocycles. The first kappa shape index (κ1) is 10.8. The number of phenols is 2. The van der Waals surface area contributed by atoms with Gasteiger partial charge in [-0.25, -0.2) is 4.79 Å². The third-order valence-corrected chi connectivity index (χ3v) is 1.25. The van der Waals surface area contributed by atoms with Crippen LogP contribution in [0.2, 0.25) is 0 Å². The number of phenolic OH excluding ortho intramolecular Hbond substituents is 1. The average molecular weight is 210 g/mol. The van der Waals surface area contributed by atoms with Gasteiger partial charge in [0.1, 0.15) is 5.56 Å². The number of rotatable bonds is 1. The van der Waals surface area contributed by atoms with Gasteiger partial charge in [-0.1, -0.05) is 6.07 Å². The van der Waals surface area contributed by atoms with E-state index in [0.29, 0.717) is 0 Å². The first-order valence-corrected chi connectivity index (χ1v) is 2.87. The molecule has 0 amide bonds. The summed E-state index contributed by atoms with van der Waals surface area (Å²) < 4.78 is 0. The molecular formula is C7H6FeO4. The maximum absolute atomic E-state index is 10.3. The van der Waals surface area contributed by atoms with Crippen molar-refractivity contribution < 1.29 is 37.2 Å². The zero-order valence-electron chi connectivity index (χ0n) is 5.84. The van der Waals surface area contributed by atoms with Crippen LogP contribution in [0.4, 0.5) is 0 Å². The molecule has 66 valence electrons. The van der Waals surface area contributed by atoms with E-state index in [1.807, 2.05) is 0 Å². The minimum atomic E-state index is -1.27. The van der Waals surface area contributed by atoms with E-state index in [0.717, 1.165) is 0 Å². The van der Waals surface area contributed by atoms with Gasteiger partial charge < -0.3 is 15.3 Å². The van der Waals surface area contributed by atoms with Crippen LogP contribution in [0.5, 0.6) is 11.5 Å². The van der Waals surface area contributed by atoms with Crippen molar-refractivity contribution in [3.63, 3.8) is 0 Å². The Balaban J connectivity index is 0.00000121. The predicted octanol–water partition coefficient (Wildman–Crippen LogP) is 0.793. The van der Waals surface area contributed by atoms with Gasteiger partial charge >= 0.3 is 5.97 Å². The number of carbonyl (C=O) groups is 1. The smallest absolute Gasteiger partial charge is 0.339 e. The molecule has 0 saturated carbocycles.